The summed E-state index contributed by atoms with van der Waals surface area (Å²) in [7, 11) is 0. The Morgan fingerprint density at radius 3 is 2.40 bits per heavy atom. The van der Waals surface area contributed by atoms with Crippen molar-refractivity contribution in [3.8, 4) is 11.4 Å². The van der Waals surface area contributed by atoms with Crippen LogP contribution in [0, 0.1) is 6.20 Å². The van der Waals surface area contributed by atoms with E-state index < -0.39 is 0 Å². The fraction of sp³-hybridized carbons (Fsp3) is 0. The first-order valence-electron chi connectivity index (χ1n) is 6.40. The van der Waals surface area contributed by atoms with E-state index in [0.29, 0.717) is 0 Å². The molecule has 0 aliphatic rings. The lowest BCUT2D eigenvalue weighted by Gasteiger charge is -2.03. The third kappa shape index (κ3) is 1.80. The second kappa shape index (κ2) is 4.38. The normalized spacial score (nSPS) is 11.0. The van der Waals surface area contributed by atoms with Crippen LogP contribution in [0.1, 0.15) is 0 Å². The van der Waals surface area contributed by atoms with Crippen molar-refractivity contribution in [2.24, 2.45) is 0 Å². The van der Waals surface area contributed by atoms with Crippen LogP contribution in [-0.2, 0) is 0 Å². The van der Waals surface area contributed by atoms with Crippen LogP contribution < -0.4 is 0 Å². The van der Waals surface area contributed by atoms with E-state index in [-0.39, 0.29) is 0 Å². The Morgan fingerprint density at radius 2 is 1.45 bits per heavy atom. The van der Waals surface area contributed by atoms with Crippen molar-refractivity contribution in [3.63, 3.8) is 0 Å². The summed E-state index contributed by atoms with van der Waals surface area (Å²) in [5, 5.41) is 11.7. The van der Waals surface area contributed by atoms with Crippen LogP contribution in [0.5, 0.6) is 0 Å². The molecule has 0 saturated carbocycles. The Balaban J connectivity index is 1.91. The predicted octanol–water partition coefficient (Wildman–Crippen LogP) is 3.65. The lowest BCUT2D eigenvalue weighted by Crippen LogP contribution is -1.91. The van der Waals surface area contributed by atoms with Gasteiger partial charge in [0.25, 0.3) is 0 Å². The molecule has 0 fully saturated rings. The molecule has 2 heterocycles. The summed E-state index contributed by atoms with van der Waals surface area (Å²) >= 11 is 0. The molecule has 0 spiro atoms. The van der Waals surface area contributed by atoms with E-state index in [1.165, 1.54) is 0 Å². The SMILES string of the molecule is [c]1nc(-c2cc3ccccc3nn2)cc2ccccc12. The summed E-state index contributed by atoms with van der Waals surface area (Å²) in [6, 6.07) is 20.0. The van der Waals surface area contributed by atoms with Crippen LogP contribution in [0.15, 0.2) is 60.7 Å². The second-order valence-corrected chi connectivity index (χ2v) is 4.63. The molecule has 93 valence electrons. The van der Waals surface area contributed by atoms with Gasteiger partial charge in [0.05, 0.1) is 17.4 Å². The molecule has 0 aliphatic carbocycles. The second-order valence-electron chi connectivity index (χ2n) is 4.63. The van der Waals surface area contributed by atoms with E-state index in [2.05, 4.69) is 21.4 Å². The average molecular weight is 256 g/mol. The molecule has 3 heteroatoms. The number of benzene rings is 2. The summed E-state index contributed by atoms with van der Waals surface area (Å²) in [5.41, 5.74) is 2.45. The van der Waals surface area contributed by atoms with Gasteiger partial charge in [-0.05, 0) is 23.6 Å². The fourth-order valence-corrected chi connectivity index (χ4v) is 2.27. The lowest BCUT2D eigenvalue weighted by molar-refractivity contribution is 1.07. The fourth-order valence-electron chi connectivity index (χ4n) is 2.27. The Labute approximate surface area is 115 Å². The van der Waals surface area contributed by atoms with Gasteiger partial charge in [-0.3, -0.25) is 0 Å². The molecule has 0 N–H and O–H groups in total. The molecule has 4 aromatic rings. The quantitative estimate of drug-likeness (QED) is 0.522. The smallest absolute Gasteiger partial charge is 0.112 e. The first kappa shape index (κ1) is 11.1. The monoisotopic (exact) mass is 256 g/mol. The van der Waals surface area contributed by atoms with Gasteiger partial charge in [0.2, 0.25) is 0 Å². The third-order valence-corrected chi connectivity index (χ3v) is 3.31. The highest BCUT2D eigenvalue weighted by molar-refractivity contribution is 5.86. The molecule has 2 aromatic carbocycles. The van der Waals surface area contributed by atoms with E-state index in [1.54, 1.807) is 0 Å². The van der Waals surface area contributed by atoms with E-state index in [0.717, 1.165) is 33.1 Å². The first-order valence-corrected chi connectivity index (χ1v) is 6.40. The van der Waals surface area contributed by atoms with E-state index in [1.807, 2.05) is 60.7 Å². The van der Waals surface area contributed by atoms with Crippen LogP contribution in [0.3, 0.4) is 0 Å². The van der Waals surface area contributed by atoms with Crippen LogP contribution in [0.2, 0.25) is 0 Å². The number of hydrogen-bond acceptors (Lipinski definition) is 3. The molecule has 0 bridgehead atoms. The first-order chi connectivity index (χ1) is 9.90. The zero-order valence-corrected chi connectivity index (χ0v) is 10.6. The molecule has 0 aliphatic heterocycles. The molecule has 0 atom stereocenters. The minimum atomic E-state index is 0.769. The summed E-state index contributed by atoms with van der Waals surface area (Å²) in [6.45, 7) is 0. The minimum Gasteiger partial charge on any atom is -0.244 e. The highest BCUT2D eigenvalue weighted by atomic mass is 15.1. The van der Waals surface area contributed by atoms with Gasteiger partial charge in [0.15, 0.2) is 0 Å². The Hall–Kier alpha value is -2.81. The van der Waals surface area contributed by atoms with Crippen LogP contribution in [-0.4, -0.2) is 15.2 Å². The number of hydrogen-bond donors (Lipinski definition) is 0. The van der Waals surface area contributed by atoms with E-state index in [4.69, 9.17) is 0 Å². The largest absolute Gasteiger partial charge is 0.244 e. The van der Waals surface area contributed by atoms with E-state index in [9.17, 15) is 0 Å². The minimum absolute atomic E-state index is 0.769. The topological polar surface area (TPSA) is 38.7 Å². The summed E-state index contributed by atoms with van der Waals surface area (Å²) < 4.78 is 0. The molecular formula is C17H10N3. The lowest BCUT2D eigenvalue weighted by atomic mass is 10.1. The van der Waals surface area contributed by atoms with Gasteiger partial charge in [-0.1, -0.05) is 42.5 Å². The highest BCUT2D eigenvalue weighted by Gasteiger charge is 2.05. The molecule has 4 rings (SSSR count). The molecular weight excluding hydrogens is 246 g/mol. The van der Waals surface area contributed by atoms with Crippen molar-refractivity contribution >= 4 is 21.7 Å². The molecule has 0 saturated heterocycles. The number of aromatic nitrogens is 3. The Kier molecular flexibility index (Phi) is 2.42. The van der Waals surface area contributed by atoms with E-state index >= 15 is 0 Å². The maximum absolute atomic E-state index is 4.36. The Morgan fingerprint density at radius 1 is 0.700 bits per heavy atom. The van der Waals surface area contributed by atoms with Crippen molar-refractivity contribution in [2.45, 2.75) is 0 Å². The van der Waals surface area contributed by atoms with Gasteiger partial charge in [-0.2, -0.15) is 0 Å². The standard InChI is InChI=1S/C17H10N3/c1-2-7-14-11-18-16(9-12(14)5-1)17-10-13-6-3-4-8-15(13)19-20-17/h1-10H. The zero-order valence-electron chi connectivity index (χ0n) is 10.6. The molecule has 0 unspecified atom stereocenters. The molecule has 20 heavy (non-hydrogen) atoms. The molecule has 2 aromatic heterocycles. The molecule has 1 radical (unpaired) electrons. The highest BCUT2D eigenvalue weighted by Crippen LogP contribution is 2.22. The van der Waals surface area contributed by atoms with Gasteiger partial charge >= 0.3 is 0 Å². The average Bonchev–Trinajstić information content (AvgIpc) is 2.54. The molecule has 3 nitrogen and oxygen atoms in total. The summed E-state index contributed by atoms with van der Waals surface area (Å²) in [5.74, 6) is 0. The zero-order chi connectivity index (χ0) is 13.4. The van der Waals surface area contributed by atoms with Crippen molar-refractivity contribution in [2.75, 3.05) is 0 Å². The molecule has 0 amide bonds. The number of rotatable bonds is 1. The van der Waals surface area contributed by atoms with Crippen molar-refractivity contribution in [1.82, 2.24) is 15.2 Å². The maximum Gasteiger partial charge on any atom is 0.112 e. The van der Waals surface area contributed by atoms with Crippen molar-refractivity contribution in [3.05, 3.63) is 66.9 Å². The van der Waals surface area contributed by atoms with Crippen molar-refractivity contribution < 1.29 is 0 Å². The number of pyridine rings is 1. The predicted molar refractivity (Wildman–Crippen MR) is 79.1 cm³/mol. The van der Waals surface area contributed by atoms with Gasteiger partial charge in [0, 0.05) is 10.8 Å². The van der Waals surface area contributed by atoms with Gasteiger partial charge in [-0.25, -0.2) is 4.98 Å². The number of nitrogens with zero attached hydrogens (tertiary/aromatic N) is 3. The Bertz CT molecular complexity index is 838. The summed E-state index contributed by atoms with van der Waals surface area (Å²) in [4.78, 5) is 4.36. The van der Waals surface area contributed by atoms with Gasteiger partial charge in [-0.15, -0.1) is 10.2 Å². The van der Waals surface area contributed by atoms with Crippen LogP contribution >= 0.6 is 0 Å². The number of fused-ring (bicyclic) bond motifs is 2. The maximum atomic E-state index is 4.36. The third-order valence-electron chi connectivity index (χ3n) is 3.31. The van der Waals surface area contributed by atoms with Gasteiger partial charge in [0.1, 0.15) is 5.69 Å². The van der Waals surface area contributed by atoms with Crippen LogP contribution in [0.25, 0.3) is 33.1 Å². The van der Waals surface area contributed by atoms with Crippen LogP contribution in [0.4, 0.5) is 0 Å². The summed E-state index contributed by atoms with van der Waals surface area (Å²) in [6.07, 6.45) is 3.05. The van der Waals surface area contributed by atoms with Crippen molar-refractivity contribution in [1.29, 1.82) is 0 Å². The van der Waals surface area contributed by atoms with Gasteiger partial charge < -0.3 is 0 Å².